The molecule has 33 heavy (non-hydrogen) atoms. The predicted octanol–water partition coefficient (Wildman–Crippen LogP) is 4.16. The van der Waals surface area contributed by atoms with Gasteiger partial charge >= 0.3 is 0 Å². The number of ether oxygens (including phenoxy) is 3. The molecule has 2 amide bonds. The maximum atomic E-state index is 13.0. The Bertz CT molecular complexity index is 1040. The van der Waals surface area contributed by atoms with E-state index >= 15 is 0 Å². The predicted molar refractivity (Wildman–Crippen MR) is 127 cm³/mol. The first-order valence-electron chi connectivity index (χ1n) is 10.8. The van der Waals surface area contributed by atoms with E-state index in [0.717, 1.165) is 5.75 Å². The van der Waals surface area contributed by atoms with Gasteiger partial charge in [0.15, 0.2) is 0 Å². The zero-order valence-corrected chi connectivity index (χ0v) is 18.6. The summed E-state index contributed by atoms with van der Waals surface area (Å²) in [4.78, 5) is 25.6. The summed E-state index contributed by atoms with van der Waals surface area (Å²) in [7, 11) is 1.62. The first kappa shape index (κ1) is 23.8. The molecule has 3 aromatic rings. The quantitative estimate of drug-likeness (QED) is 0.406. The molecule has 0 aliphatic heterocycles. The second-order valence-electron chi connectivity index (χ2n) is 7.11. The molecular weight excluding hydrogens is 420 g/mol. The van der Waals surface area contributed by atoms with Crippen LogP contribution in [0.25, 0.3) is 0 Å². The molecular formula is C26H28N2O5. The van der Waals surface area contributed by atoms with E-state index in [4.69, 9.17) is 14.2 Å². The molecule has 0 bridgehead atoms. The topological polar surface area (TPSA) is 85.9 Å². The first-order chi connectivity index (χ1) is 16.2. The Balaban J connectivity index is 1.61. The molecule has 3 aromatic carbocycles. The number of methoxy groups -OCH3 is 1. The molecule has 0 radical (unpaired) electrons. The molecule has 0 aliphatic rings. The van der Waals surface area contributed by atoms with E-state index < -0.39 is 0 Å². The van der Waals surface area contributed by atoms with Gasteiger partial charge in [-0.05, 0) is 42.8 Å². The Morgan fingerprint density at radius 3 is 2.18 bits per heavy atom. The molecule has 172 valence electrons. The van der Waals surface area contributed by atoms with E-state index in [1.54, 1.807) is 55.6 Å². The van der Waals surface area contributed by atoms with Gasteiger partial charge in [0.25, 0.3) is 11.8 Å². The molecule has 3 rings (SSSR count). The number of hydrogen-bond acceptors (Lipinski definition) is 5. The standard InChI is InChI=1S/C26H28N2O5/c1-31-17-9-16-27-25(29)21-12-5-7-14-23(21)28-26(30)22-13-6-8-15-24(22)33-19-18-32-20-10-3-2-4-11-20/h2-8,10-15H,9,16-19H2,1H3,(H,27,29)(H,28,30). The van der Waals surface area contributed by atoms with Crippen molar-refractivity contribution in [3.8, 4) is 11.5 Å². The Kier molecular flexibility index (Phi) is 9.29. The van der Waals surface area contributed by atoms with Crippen LogP contribution in [0.1, 0.15) is 27.1 Å². The van der Waals surface area contributed by atoms with Crippen LogP contribution in [0.15, 0.2) is 78.9 Å². The highest BCUT2D eigenvalue weighted by atomic mass is 16.5. The Hall–Kier alpha value is -3.84. The molecule has 7 heteroatoms. The van der Waals surface area contributed by atoms with Gasteiger partial charge in [-0.3, -0.25) is 9.59 Å². The number of anilines is 1. The molecule has 0 aliphatic carbocycles. The number of hydrogen-bond donors (Lipinski definition) is 2. The maximum Gasteiger partial charge on any atom is 0.259 e. The summed E-state index contributed by atoms with van der Waals surface area (Å²) in [6, 6.07) is 23.3. The van der Waals surface area contributed by atoms with Crippen molar-refractivity contribution in [3.05, 3.63) is 90.0 Å². The van der Waals surface area contributed by atoms with E-state index in [0.29, 0.717) is 48.7 Å². The summed E-state index contributed by atoms with van der Waals surface area (Å²) in [5.41, 5.74) is 1.18. The SMILES string of the molecule is COCCCNC(=O)c1ccccc1NC(=O)c1ccccc1OCCOc1ccccc1. The summed E-state index contributed by atoms with van der Waals surface area (Å²) in [5.74, 6) is 0.566. The van der Waals surface area contributed by atoms with Crippen molar-refractivity contribution >= 4 is 17.5 Å². The fourth-order valence-corrected chi connectivity index (χ4v) is 3.10. The van der Waals surface area contributed by atoms with Gasteiger partial charge in [0.1, 0.15) is 24.7 Å². The molecule has 0 fully saturated rings. The fraction of sp³-hybridized carbons (Fsp3) is 0.231. The van der Waals surface area contributed by atoms with Crippen LogP contribution >= 0.6 is 0 Å². The Morgan fingerprint density at radius 1 is 0.727 bits per heavy atom. The summed E-state index contributed by atoms with van der Waals surface area (Å²) in [6.45, 7) is 1.66. The van der Waals surface area contributed by atoms with Gasteiger partial charge < -0.3 is 24.8 Å². The number of benzene rings is 3. The summed E-state index contributed by atoms with van der Waals surface area (Å²) in [5, 5.41) is 5.67. The molecule has 0 aromatic heterocycles. The highest BCUT2D eigenvalue weighted by molar-refractivity contribution is 6.10. The van der Waals surface area contributed by atoms with Gasteiger partial charge in [-0.1, -0.05) is 42.5 Å². The van der Waals surface area contributed by atoms with Crippen molar-refractivity contribution in [1.29, 1.82) is 0 Å². The van der Waals surface area contributed by atoms with Gasteiger partial charge in [-0.25, -0.2) is 0 Å². The maximum absolute atomic E-state index is 13.0. The summed E-state index contributed by atoms with van der Waals surface area (Å²) >= 11 is 0. The fourth-order valence-electron chi connectivity index (χ4n) is 3.10. The largest absolute Gasteiger partial charge is 0.490 e. The number of para-hydroxylation sites is 3. The van der Waals surface area contributed by atoms with E-state index in [1.165, 1.54) is 0 Å². The van der Waals surface area contributed by atoms with Crippen LogP contribution in [-0.2, 0) is 4.74 Å². The lowest BCUT2D eigenvalue weighted by molar-refractivity contribution is 0.0949. The monoisotopic (exact) mass is 448 g/mol. The lowest BCUT2D eigenvalue weighted by atomic mass is 10.1. The lowest BCUT2D eigenvalue weighted by Crippen LogP contribution is -2.26. The van der Waals surface area contributed by atoms with Gasteiger partial charge in [0.05, 0.1) is 16.8 Å². The highest BCUT2D eigenvalue weighted by Crippen LogP contribution is 2.22. The Morgan fingerprint density at radius 2 is 1.39 bits per heavy atom. The summed E-state index contributed by atoms with van der Waals surface area (Å²) in [6.07, 6.45) is 0.704. The highest BCUT2D eigenvalue weighted by Gasteiger charge is 2.16. The van der Waals surface area contributed by atoms with Gasteiger partial charge in [0, 0.05) is 20.3 Å². The van der Waals surface area contributed by atoms with Crippen LogP contribution in [0.2, 0.25) is 0 Å². The average Bonchev–Trinajstić information content (AvgIpc) is 2.85. The summed E-state index contributed by atoms with van der Waals surface area (Å²) < 4.78 is 16.4. The lowest BCUT2D eigenvalue weighted by Gasteiger charge is -2.14. The van der Waals surface area contributed by atoms with Crippen LogP contribution < -0.4 is 20.1 Å². The van der Waals surface area contributed by atoms with Crippen molar-refractivity contribution in [2.45, 2.75) is 6.42 Å². The minimum absolute atomic E-state index is 0.260. The zero-order valence-electron chi connectivity index (χ0n) is 18.6. The van der Waals surface area contributed by atoms with Gasteiger partial charge in [0.2, 0.25) is 0 Å². The second-order valence-corrected chi connectivity index (χ2v) is 7.11. The number of nitrogens with one attached hydrogen (secondary N) is 2. The average molecular weight is 449 g/mol. The number of carbonyl (C=O) groups is 2. The second kappa shape index (κ2) is 12.9. The third-order valence-corrected chi connectivity index (χ3v) is 4.72. The molecule has 0 saturated heterocycles. The number of rotatable bonds is 12. The van der Waals surface area contributed by atoms with Gasteiger partial charge in [-0.2, -0.15) is 0 Å². The van der Waals surface area contributed by atoms with Crippen molar-refractivity contribution in [3.63, 3.8) is 0 Å². The van der Waals surface area contributed by atoms with E-state index in [-0.39, 0.29) is 18.4 Å². The van der Waals surface area contributed by atoms with E-state index in [9.17, 15) is 9.59 Å². The van der Waals surface area contributed by atoms with Crippen molar-refractivity contribution in [2.75, 3.05) is 38.8 Å². The minimum atomic E-state index is -0.366. The van der Waals surface area contributed by atoms with E-state index in [2.05, 4.69) is 10.6 Å². The normalized spacial score (nSPS) is 10.3. The van der Waals surface area contributed by atoms with Gasteiger partial charge in [-0.15, -0.1) is 0 Å². The number of amides is 2. The van der Waals surface area contributed by atoms with Crippen LogP contribution in [0.5, 0.6) is 11.5 Å². The molecule has 0 saturated carbocycles. The molecule has 0 atom stereocenters. The number of carbonyl (C=O) groups excluding carboxylic acids is 2. The van der Waals surface area contributed by atoms with Crippen molar-refractivity contribution in [1.82, 2.24) is 5.32 Å². The van der Waals surface area contributed by atoms with Crippen LogP contribution in [0, 0.1) is 0 Å². The zero-order chi connectivity index (χ0) is 23.3. The third-order valence-electron chi connectivity index (χ3n) is 4.72. The molecule has 7 nitrogen and oxygen atoms in total. The molecule has 0 unspecified atom stereocenters. The van der Waals surface area contributed by atoms with Crippen molar-refractivity contribution < 1.29 is 23.8 Å². The molecule has 0 spiro atoms. The minimum Gasteiger partial charge on any atom is -0.490 e. The molecule has 2 N–H and O–H groups in total. The Labute approximate surface area is 193 Å². The van der Waals surface area contributed by atoms with Crippen LogP contribution in [-0.4, -0.2) is 45.3 Å². The van der Waals surface area contributed by atoms with E-state index in [1.807, 2.05) is 30.3 Å². The van der Waals surface area contributed by atoms with Crippen molar-refractivity contribution in [2.24, 2.45) is 0 Å². The third kappa shape index (κ3) is 7.36. The smallest absolute Gasteiger partial charge is 0.259 e. The molecule has 0 heterocycles. The van der Waals surface area contributed by atoms with Crippen LogP contribution in [0.4, 0.5) is 5.69 Å². The first-order valence-corrected chi connectivity index (χ1v) is 10.8. The van der Waals surface area contributed by atoms with Crippen LogP contribution in [0.3, 0.4) is 0 Å².